The molecule has 0 aliphatic heterocycles. The molecule has 1 heterocycles. The van der Waals surface area contributed by atoms with E-state index in [1.807, 2.05) is 38.2 Å². The minimum absolute atomic E-state index is 0.143. The summed E-state index contributed by atoms with van der Waals surface area (Å²) in [7, 11) is 1.88. The zero-order valence-corrected chi connectivity index (χ0v) is 11.8. The van der Waals surface area contributed by atoms with E-state index in [4.69, 9.17) is 0 Å². The fraction of sp³-hybridized carbons (Fsp3) is 0.308. The lowest BCUT2D eigenvalue weighted by Gasteiger charge is -2.10. The SMILES string of the molecule is CCc1nnsc1C(=O)Nc1ccccc1CNC. The third kappa shape index (κ3) is 3.15. The van der Waals surface area contributed by atoms with Crippen LogP contribution in [0.15, 0.2) is 24.3 Å². The van der Waals surface area contributed by atoms with Gasteiger partial charge >= 0.3 is 0 Å². The summed E-state index contributed by atoms with van der Waals surface area (Å²) in [5, 5.41) is 9.96. The zero-order chi connectivity index (χ0) is 13.7. The van der Waals surface area contributed by atoms with E-state index in [0.717, 1.165) is 28.5 Å². The molecule has 0 spiro atoms. The number of anilines is 1. The number of rotatable bonds is 5. The van der Waals surface area contributed by atoms with Crippen molar-refractivity contribution in [2.45, 2.75) is 19.9 Å². The molecule has 1 aromatic carbocycles. The largest absolute Gasteiger partial charge is 0.321 e. The first-order chi connectivity index (χ1) is 9.26. The minimum Gasteiger partial charge on any atom is -0.321 e. The number of aromatic nitrogens is 2. The summed E-state index contributed by atoms with van der Waals surface area (Å²) in [5.41, 5.74) is 2.61. The molecule has 1 aromatic heterocycles. The van der Waals surface area contributed by atoms with E-state index in [1.54, 1.807) is 0 Å². The molecule has 19 heavy (non-hydrogen) atoms. The first kappa shape index (κ1) is 13.6. The first-order valence-corrected chi connectivity index (χ1v) is 6.88. The number of carbonyl (C=O) groups is 1. The van der Waals surface area contributed by atoms with Gasteiger partial charge in [0, 0.05) is 12.2 Å². The molecule has 100 valence electrons. The maximum absolute atomic E-state index is 12.2. The van der Waals surface area contributed by atoms with E-state index in [-0.39, 0.29) is 5.91 Å². The maximum atomic E-state index is 12.2. The Hall–Kier alpha value is -1.79. The normalized spacial score (nSPS) is 10.4. The summed E-state index contributed by atoms with van der Waals surface area (Å²) >= 11 is 1.13. The molecule has 0 saturated heterocycles. The van der Waals surface area contributed by atoms with E-state index >= 15 is 0 Å². The summed E-state index contributed by atoms with van der Waals surface area (Å²) < 4.78 is 3.83. The predicted octanol–water partition coefficient (Wildman–Crippen LogP) is 2.07. The highest BCUT2D eigenvalue weighted by Gasteiger charge is 2.15. The molecule has 0 aliphatic carbocycles. The van der Waals surface area contributed by atoms with E-state index in [9.17, 15) is 4.79 Å². The highest BCUT2D eigenvalue weighted by molar-refractivity contribution is 7.08. The van der Waals surface area contributed by atoms with Crippen molar-refractivity contribution >= 4 is 23.1 Å². The average molecular weight is 276 g/mol. The van der Waals surface area contributed by atoms with Crippen molar-refractivity contribution < 1.29 is 4.79 Å². The molecule has 2 aromatic rings. The number of carbonyl (C=O) groups excluding carboxylic acids is 1. The van der Waals surface area contributed by atoms with Crippen molar-refractivity contribution in [1.82, 2.24) is 14.9 Å². The Morgan fingerprint density at radius 3 is 2.89 bits per heavy atom. The number of benzene rings is 1. The predicted molar refractivity (Wildman–Crippen MR) is 76.4 cm³/mol. The van der Waals surface area contributed by atoms with E-state index in [1.165, 1.54) is 0 Å². The van der Waals surface area contributed by atoms with Crippen LogP contribution in [0.3, 0.4) is 0 Å². The van der Waals surface area contributed by atoms with Gasteiger partial charge in [-0.05, 0) is 36.6 Å². The van der Waals surface area contributed by atoms with Crippen molar-refractivity contribution in [1.29, 1.82) is 0 Å². The van der Waals surface area contributed by atoms with Gasteiger partial charge in [0.05, 0.1) is 5.69 Å². The summed E-state index contributed by atoms with van der Waals surface area (Å²) in [6.07, 6.45) is 0.706. The molecule has 0 atom stereocenters. The molecule has 5 nitrogen and oxygen atoms in total. The highest BCUT2D eigenvalue weighted by atomic mass is 32.1. The van der Waals surface area contributed by atoms with Gasteiger partial charge in [-0.3, -0.25) is 4.79 Å². The lowest BCUT2D eigenvalue weighted by Crippen LogP contribution is -2.15. The lowest BCUT2D eigenvalue weighted by atomic mass is 10.1. The van der Waals surface area contributed by atoms with Crippen LogP contribution in [-0.2, 0) is 13.0 Å². The molecule has 2 rings (SSSR count). The highest BCUT2D eigenvalue weighted by Crippen LogP contribution is 2.18. The Kier molecular flexibility index (Phi) is 4.59. The molecule has 0 fully saturated rings. The fourth-order valence-corrected chi connectivity index (χ4v) is 2.42. The monoisotopic (exact) mass is 276 g/mol. The van der Waals surface area contributed by atoms with Crippen LogP contribution >= 0.6 is 11.5 Å². The van der Waals surface area contributed by atoms with Gasteiger partial charge in [0.2, 0.25) is 0 Å². The first-order valence-electron chi connectivity index (χ1n) is 6.11. The zero-order valence-electron chi connectivity index (χ0n) is 10.9. The maximum Gasteiger partial charge on any atom is 0.269 e. The van der Waals surface area contributed by atoms with Gasteiger partial charge in [-0.2, -0.15) is 0 Å². The molecule has 1 amide bonds. The van der Waals surface area contributed by atoms with E-state index in [2.05, 4.69) is 20.2 Å². The molecular formula is C13H16N4OS. The molecule has 0 aliphatic rings. The Balaban J connectivity index is 2.19. The topological polar surface area (TPSA) is 66.9 Å². The number of aryl methyl sites for hydroxylation is 1. The number of hydrogen-bond acceptors (Lipinski definition) is 5. The summed E-state index contributed by atoms with van der Waals surface area (Å²) in [6.45, 7) is 2.67. The quantitative estimate of drug-likeness (QED) is 0.877. The molecule has 2 N–H and O–H groups in total. The number of amides is 1. The number of nitrogens with zero attached hydrogens (tertiary/aromatic N) is 2. The number of para-hydroxylation sites is 1. The van der Waals surface area contributed by atoms with Crippen molar-refractivity contribution in [2.75, 3.05) is 12.4 Å². The van der Waals surface area contributed by atoms with Crippen LogP contribution in [0, 0.1) is 0 Å². The minimum atomic E-state index is -0.143. The van der Waals surface area contributed by atoms with Crippen LogP contribution in [0.25, 0.3) is 0 Å². The summed E-state index contributed by atoms with van der Waals surface area (Å²) in [4.78, 5) is 12.8. The molecular weight excluding hydrogens is 260 g/mol. The van der Waals surface area contributed by atoms with Crippen molar-refractivity contribution in [2.24, 2.45) is 0 Å². The Morgan fingerprint density at radius 1 is 1.37 bits per heavy atom. The van der Waals surface area contributed by atoms with Crippen LogP contribution in [0.5, 0.6) is 0 Å². The number of hydrogen-bond donors (Lipinski definition) is 2. The van der Waals surface area contributed by atoms with Crippen LogP contribution in [0.4, 0.5) is 5.69 Å². The lowest BCUT2D eigenvalue weighted by molar-refractivity contribution is 0.102. The Labute approximate surface area is 116 Å². The van der Waals surface area contributed by atoms with Crippen molar-refractivity contribution in [3.05, 3.63) is 40.4 Å². The third-order valence-corrected chi connectivity index (χ3v) is 3.50. The molecule has 0 radical (unpaired) electrons. The van der Waals surface area contributed by atoms with Crippen LogP contribution in [0.2, 0.25) is 0 Å². The number of nitrogens with one attached hydrogen (secondary N) is 2. The van der Waals surface area contributed by atoms with Gasteiger partial charge in [-0.25, -0.2) is 0 Å². The average Bonchev–Trinajstić information content (AvgIpc) is 2.89. The van der Waals surface area contributed by atoms with Gasteiger partial charge in [-0.15, -0.1) is 5.10 Å². The van der Waals surface area contributed by atoms with E-state index < -0.39 is 0 Å². The third-order valence-electron chi connectivity index (χ3n) is 2.73. The van der Waals surface area contributed by atoms with Gasteiger partial charge < -0.3 is 10.6 Å². The van der Waals surface area contributed by atoms with Crippen molar-refractivity contribution in [3.8, 4) is 0 Å². The molecule has 0 saturated carbocycles. The van der Waals surface area contributed by atoms with Gasteiger partial charge in [-0.1, -0.05) is 29.6 Å². The van der Waals surface area contributed by atoms with Gasteiger partial charge in [0.25, 0.3) is 5.91 Å². The van der Waals surface area contributed by atoms with Crippen LogP contribution in [0.1, 0.15) is 27.9 Å². The van der Waals surface area contributed by atoms with Crippen molar-refractivity contribution in [3.63, 3.8) is 0 Å². The van der Waals surface area contributed by atoms with E-state index in [0.29, 0.717) is 17.8 Å². The fourth-order valence-electron chi connectivity index (χ4n) is 1.78. The Morgan fingerprint density at radius 2 is 2.16 bits per heavy atom. The molecule has 6 heteroatoms. The van der Waals surface area contributed by atoms with Crippen LogP contribution in [-0.4, -0.2) is 22.5 Å². The second-order valence-electron chi connectivity index (χ2n) is 4.04. The Bertz CT molecular complexity index is 567. The van der Waals surface area contributed by atoms with Gasteiger partial charge in [0.15, 0.2) is 0 Å². The van der Waals surface area contributed by atoms with Gasteiger partial charge in [0.1, 0.15) is 4.88 Å². The summed E-state index contributed by atoms with van der Waals surface area (Å²) in [5.74, 6) is -0.143. The second-order valence-corrected chi connectivity index (χ2v) is 4.80. The molecule has 0 bridgehead atoms. The summed E-state index contributed by atoms with van der Waals surface area (Å²) in [6, 6.07) is 7.73. The molecule has 0 unspecified atom stereocenters. The standard InChI is InChI=1S/C13H16N4OS/c1-3-10-12(19-17-16-10)13(18)15-11-7-5-4-6-9(11)8-14-2/h4-7,14H,3,8H2,1-2H3,(H,15,18). The smallest absolute Gasteiger partial charge is 0.269 e. The van der Waals surface area contributed by atoms with Crippen LogP contribution < -0.4 is 10.6 Å². The second kappa shape index (κ2) is 6.40.